The maximum atomic E-state index is 12.4. The molecule has 7 heteroatoms. The van der Waals surface area contributed by atoms with Crippen LogP contribution in [0.2, 0.25) is 0 Å². The maximum absolute atomic E-state index is 12.4. The van der Waals surface area contributed by atoms with Gasteiger partial charge in [-0.15, -0.1) is 0 Å². The Morgan fingerprint density at radius 1 is 0.941 bits per heavy atom. The minimum atomic E-state index is -4.85. The van der Waals surface area contributed by atoms with Gasteiger partial charge >= 0.3 is 12.4 Å². The molecule has 0 unspecified atom stereocenters. The zero-order valence-corrected chi connectivity index (χ0v) is 8.37. The van der Waals surface area contributed by atoms with E-state index in [9.17, 15) is 26.3 Å². The molecular weight excluding hydrogens is 248 g/mol. The Kier molecular flexibility index (Phi) is 3.10. The van der Waals surface area contributed by atoms with E-state index in [1.54, 1.807) is 0 Å². The van der Waals surface area contributed by atoms with Gasteiger partial charge in [0, 0.05) is 0 Å². The number of alkyl halides is 6. The van der Waals surface area contributed by atoms with Gasteiger partial charge < -0.3 is 0 Å². The zero-order chi connectivity index (χ0) is 13.4. The van der Waals surface area contributed by atoms with Crippen molar-refractivity contribution in [1.82, 2.24) is 0 Å². The lowest BCUT2D eigenvalue weighted by Gasteiger charge is -2.15. The van der Waals surface area contributed by atoms with E-state index in [1.807, 2.05) is 0 Å². The van der Waals surface area contributed by atoms with Crippen LogP contribution in [0.5, 0.6) is 0 Å². The summed E-state index contributed by atoms with van der Waals surface area (Å²) in [5, 5.41) is 8.54. The van der Waals surface area contributed by atoms with Crippen LogP contribution in [0, 0.1) is 18.3 Å². The lowest BCUT2D eigenvalue weighted by atomic mass is 9.97. The Balaban J connectivity index is 3.56. The fourth-order valence-electron chi connectivity index (χ4n) is 1.40. The van der Waals surface area contributed by atoms with Gasteiger partial charge in [-0.05, 0) is 24.6 Å². The number of nitrogens with zero attached hydrogens (tertiary/aromatic N) is 1. The highest BCUT2D eigenvalue weighted by atomic mass is 19.4. The Hall–Kier alpha value is -1.71. The molecule has 0 aliphatic heterocycles. The standard InChI is InChI=1S/C10H5F6N/c1-5-6(4-17)8(10(14,15)16)3-2-7(5)9(11,12)13/h2-3H,1H3. The van der Waals surface area contributed by atoms with Gasteiger partial charge in [-0.3, -0.25) is 0 Å². The Labute approximate surface area is 92.3 Å². The predicted molar refractivity (Wildman–Crippen MR) is 45.9 cm³/mol. The summed E-state index contributed by atoms with van der Waals surface area (Å²) >= 11 is 0. The van der Waals surface area contributed by atoms with E-state index in [0.29, 0.717) is 6.07 Å². The van der Waals surface area contributed by atoms with Crippen LogP contribution >= 0.6 is 0 Å². The second-order valence-corrected chi connectivity index (χ2v) is 3.27. The van der Waals surface area contributed by atoms with Crippen molar-refractivity contribution in [2.24, 2.45) is 0 Å². The lowest BCUT2D eigenvalue weighted by Crippen LogP contribution is -2.14. The van der Waals surface area contributed by atoms with E-state index < -0.39 is 34.6 Å². The van der Waals surface area contributed by atoms with E-state index >= 15 is 0 Å². The number of hydrogen-bond donors (Lipinski definition) is 0. The maximum Gasteiger partial charge on any atom is 0.417 e. The second-order valence-electron chi connectivity index (χ2n) is 3.27. The molecule has 0 heterocycles. The van der Waals surface area contributed by atoms with Gasteiger partial charge in [-0.25, -0.2) is 0 Å². The Morgan fingerprint density at radius 2 is 1.35 bits per heavy atom. The molecule has 1 aromatic rings. The average Bonchev–Trinajstić information content (AvgIpc) is 2.13. The lowest BCUT2D eigenvalue weighted by molar-refractivity contribution is -0.141. The van der Waals surface area contributed by atoms with Crippen molar-refractivity contribution in [2.75, 3.05) is 0 Å². The highest BCUT2D eigenvalue weighted by Crippen LogP contribution is 2.38. The summed E-state index contributed by atoms with van der Waals surface area (Å²) in [5.41, 5.74) is -4.30. The van der Waals surface area contributed by atoms with Gasteiger partial charge in [0.05, 0.1) is 16.7 Å². The first kappa shape index (κ1) is 13.4. The van der Waals surface area contributed by atoms with Crippen LogP contribution in [0.1, 0.15) is 22.3 Å². The van der Waals surface area contributed by atoms with Crippen LogP contribution in [0.3, 0.4) is 0 Å². The molecule has 1 nitrogen and oxygen atoms in total. The summed E-state index contributed by atoms with van der Waals surface area (Å²) in [5.74, 6) is 0. The third kappa shape index (κ3) is 2.52. The van der Waals surface area contributed by atoms with Crippen molar-refractivity contribution in [3.8, 4) is 6.07 Å². The van der Waals surface area contributed by atoms with Crippen LogP contribution < -0.4 is 0 Å². The molecule has 0 amide bonds. The molecular formula is C10H5F6N. The SMILES string of the molecule is Cc1c(C(F)(F)F)ccc(C(F)(F)F)c1C#N. The quantitative estimate of drug-likeness (QED) is 0.643. The number of benzene rings is 1. The minimum Gasteiger partial charge on any atom is -0.192 e. The summed E-state index contributed by atoms with van der Waals surface area (Å²) in [4.78, 5) is 0. The Morgan fingerprint density at radius 3 is 1.71 bits per heavy atom. The molecule has 17 heavy (non-hydrogen) atoms. The summed E-state index contributed by atoms with van der Waals surface area (Å²) in [6, 6.07) is 1.77. The monoisotopic (exact) mass is 253 g/mol. The van der Waals surface area contributed by atoms with Crippen LogP contribution in [0.25, 0.3) is 0 Å². The fourth-order valence-corrected chi connectivity index (χ4v) is 1.40. The molecule has 0 saturated heterocycles. The number of rotatable bonds is 0. The molecule has 0 bridgehead atoms. The number of nitriles is 1. The number of halogens is 6. The van der Waals surface area contributed by atoms with Crippen LogP contribution in [-0.4, -0.2) is 0 Å². The summed E-state index contributed by atoms with van der Waals surface area (Å²) in [6.45, 7) is 0.844. The highest BCUT2D eigenvalue weighted by Gasteiger charge is 2.39. The van der Waals surface area contributed by atoms with Crippen molar-refractivity contribution in [3.05, 3.63) is 34.4 Å². The Bertz CT molecular complexity index is 477. The molecule has 1 rings (SSSR count). The molecule has 0 spiro atoms. The van der Waals surface area contributed by atoms with E-state index in [-0.39, 0.29) is 6.07 Å². The molecule has 0 radical (unpaired) electrons. The molecule has 0 saturated carbocycles. The van der Waals surface area contributed by atoms with Gasteiger partial charge in [-0.2, -0.15) is 31.6 Å². The fraction of sp³-hybridized carbons (Fsp3) is 0.300. The largest absolute Gasteiger partial charge is 0.417 e. The summed E-state index contributed by atoms with van der Waals surface area (Å²) in [6.07, 6.45) is -9.63. The predicted octanol–water partition coefficient (Wildman–Crippen LogP) is 3.90. The van der Waals surface area contributed by atoms with Crippen LogP contribution in [-0.2, 0) is 12.4 Å². The third-order valence-electron chi connectivity index (χ3n) is 2.19. The van der Waals surface area contributed by atoms with Crippen molar-refractivity contribution < 1.29 is 26.3 Å². The molecule has 0 aliphatic rings. The summed E-state index contributed by atoms with van der Waals surface area (Å²) < 4.78 is 74.4. The van der Waals surface area contributed by atoms with Gasteiger partial charge in [0.1, 0.15) is 6.07 Å². The highest BCUT2D eigenvalue weighted by molar-refractivity contribution is 5.49. The topological polar surface area (TPSA) is 23.8 Å². The van der Waals surface area contributed by atoms with Crippen molar-refractivity contribution in [1.29, 1.82) is 5.26 Å². The van der Waals surface area contributed by atoms with Gasteiger partial charge in [0.15, 0.2) is 0 Å². The molecule has 0 N–H and O–H groups in total. The van der Waals surface area contributed by atoms with E-state index in [2.05, 4.69) is 0 Å². The van der Waals surface area contributed by atoms with Crippen molar-refractivity contribution in [3.63, 3.8) is 0 Å². The van der Waals surface area contributed by atoms with E-state index in [1.165, 1.54) is 0 Å². The molecule has 1 aromatic carbocycles. The van der Waals surface area contributed by atoms with Crippen molar-refractivity contribution in [2.45, 2.75) is 19.3 Å². The molecule has 0 atom stereocenters. The molecule has 0 aromatic heterocycles. The van der Waals surface area contributed by atoms with E-state index in [0.717, 1.165) is 13.0 Å². The summed E-state index contributed by atoms with van der Waals surface area (Å²) in [7, 11) is 0. The van der Waals surface area contributed by atoms with Crippen LogP contribution in [0.15, 0.2) is 12.1 Å². The molecule has 92 valence electrons. The van der Waals surface area contributed by atoms with Gasteiger partial charge in [0.2, 0.25) is 0 Å². The van der Waals surface area contributed by atoms with Gasteiger partial charge in [-0.1, -0.05) is 0 Å². The molecule has 0 aliphatic carbocycles. The second kappa shape index (κ2) is 3.95. The van der Waals surface area contributed by atoms with Crippen molar-refractivity contribution >= 4 is 0 Å². The average molecular weight is 253 g/mol. The first-order valence-electron chi connectivity index (χ1n) is 4.27. The van der Waals surface area contributed by atoms with Crippen LogP contribution in [0.4, 0.5) is 26.3 Å². The zero-order valence-electron chi connectivity index (χ0n) is 8.37. The minimum absolute atomic E-state index is 0.272. The first-order chi connectivity index (χ1) is 7.59. The normalized spacial score (nSPS) is 12.4. The third-order valence-corrected chi connectivity index (χ3v) is 2.19. The van der Waals surface area contributed by atoms with E-state index in [4.69, 9.17) is 5.26 Å². The first-order valence-corrected chi connectivity index (χ1v) is 4.27. The van der Waals surface area contributed by atoms with Gasteiger partial charge in [0.25, 0.3) is 0 Å². The smallest absolute Gasteiger partial charge is 0.192 e. The molecule has 0 fully saturated rings. The number of hydrogen-bond acceptors (Lipinski definition) is 1.